The van der Waals surface area contributed by atoms with E-state index >= 15 is 0 Å². The number of ether oxygens (including phenoxy) is 1. The van der Waals surface area contributed by atoms with Crippen LogP contribution in [0.15, 0.2) is 18.2 Å². The van der Waals surface area contributed by atoms with Gasteiger partial charge in [0.05, 0.1) is 18.6 Å². The molecule has 0 radical (unpaired) electrons. The molecule has 19 heavy (non-hydrogen) atoms. The van der Waals surface area contributed by atoms with Crippen molar-refractivity contribution in [2.24, 2.45) is 0 Å². The highest BCUT2D eigenvalue weighted by atomic mass is 35.5. The van der Waals surface area contributed by atoms with Gasteiger partial charge in [-0.1, -0.05) is 17.7 Å². The van der Waals surface area contributed by atoms with Crippen LogP contribution < -0.4 is 0 Å². The Kier molecular flexibility index (Phi) is 4.42. The Morgan fingerprint density at radius 2 is 2.05 bits per heavy atom. The maximum atomic E-state index is 13.7. The molecule has 1 heterocycles. The van der Waals surface area contributed by atoms with Crippen LogP contribution in [0.5, 0.6) is 0 Å². The summed E-state index contributed by atoms with van der Waals surface area (Å²) in [6, 6.07) is 4.45. The number of hydrogen-bond acceptors (Lipinski definition) is 2. The van der Waals surface area contributed by atoms with Crippen LogP contribution in [0.3, 0.4) is 0 Å². The van der Waals surface area contributed by atoms with Crippen LogP contribution in [-0.4, -0.2) is 36.1 Å². The average Bonchev–Trinajstić information content (AvgIpc) is 2.32. The molecule has 104 valence electrons. The van der Waals surface area contributed by atoms with Crippen LogP contribution in [0.1, 0.15) is 19.4 Å². The summed E-state index contributed by atoms with van der Waals surface area (Å²) in [4.78, 5) is 13.9. The highest BCUT2D eigenvalue weighted by molar-refractivity contribution is 6.31. The lowest BCUT2D eigenvalue weighted by molar-refractivity contribution is -0.142. The lowest BCUT2D eigenvalue weighted by Crippen LogP contribution is -2.48. The maximum Gasteiger partial charge on any atom is 0.227 e. The second-order valence-corrected chi connectivity index (χ2v) is 5.34. The van der Waals surface area contributed by atoms with Crippen molar-refractivity contribution in [2.75, 3.05) is 13.1 Å². The zero-order chi connectivity index (χ0) is 14.0. The molecule has 1 aliphatic heterocycles. The van der Waals surface area contributed by atoms with E-state index in [2.05, 4.69) is 0 Å². The quantitative estimate of drug-likeness (QED) is 0.836. The van der Waals surface area contributed by atoms with E-state index in [0.29, 0.717) is 18.1 Å². The third kappa shape index (κ3) is 3.45. The van der Waals surface area contributed by atoms with Crippen LogP contribution in [0.4, 0.5) is 4.39 Å². The molecule has 3 nitrogen and oxygen atoms in total. The number of carbonyl (C=O) groups excluding carboxylic acids is 1. The van der Waals surface area contributed by atoms with Crippen molar-refractivity contribution in [3.8, 4) is 0 Å². The Hall–Kier alpha value is -1.13. The summed E-state index contributed by atoms with van der Waals surface area (Å²) in [5, 5.41) is 0.294. The lowest BCUT2D eigenvalue weighted by atomic mass is 10.1. The fourth-order valence-corrected chi connectivity index (χ4v) is 2.58. The van der Waals surface area contributed by atoms with E-state index in [1.165, 1.54) is 12.1 Å². The van der Waals surface area contributed by atoms with E-state index in [4.69, 9.17) is 16.3 Å². The minimum atomic E-state index is -0.435. The summed E-state index contributed by atoms with van der Waals surface area (Å²) >= 11 is 5.93. The summed E-state index contributed by atoms with van der Waals surface area (Å²) in [6.45, 7) is 4.92. The number of carbonyl (C=O) groups is 1. The monoisotopic (exact) mass is 285 g/mol. The molecule has 0 N–H and O–H groups in total. The van der Waals surface area contributed by atoms with Gasteiger partial charge >= 0.3 is 0 Å². The summed E-state index contributed by atoms with van der Waals surface area (Å²) in [5.41, 5.74) is 0.265. The molecule has 2 atom stereocenters. The zero-order valence-electron chi connectivity index (χ0n) is 11.0. The molecular weight excluding hydrogens is 269 g/mol. The normalized spacial score (nSPS) is 23.5. The minimum absolute atomic E-state index is 0.00351. The first-order valence-corrected chi connectivity index (χ1v) is 6.71. The van der Waals surface area contributed by atoms with Crippen molar-refractivity contribution in [3.05, 3.63) is 34.6 Å². The number of rotatable bonds is 2. The molecule has 1 amide bonds. The van der Waals surface area contributed by atoms with Gasteiger partial charge in [0.25, 0.3) is 0 Å². The highest BCUT2D eigenvalue weighted by Crippen LogP contribution is 2.21. The first-order valence-electron chi connectivity index (χ1n) is 6.33. The second-order valence-electron chi connectivity index (χ2n) is 4.93. The van der Waals surface area contributed by atoms with Crippen LogP contribution in [0.25, 0.3) is 0 Å². The first kappa shape index (κ1) is 14.3. The number of nitrogens with zero attached hydrogens (tertiary/aromatic N) is 1. The number of morpholine rings is 1. The second kappa shape index (κ2) is 5.88. The van der Waals surface area contributed by atoms with Gasteiger partial charge in [-0.25, -0.2) is 4.39 Å². The molecule has 0 saturated carbocycles. The Morgan fingerprint density at radius 1 is 1.42 bits per heavy atom. The summed E-state index contributed by atoms with van der Waals surface area (Å²) in [7, 11) is 0. The van der Waals surface area contributed by atoms with Gasteiger partial charge in [-0.05, 0) is 26.0 Å². The van der Waals surface area contributed by atoms with Crippen molar-refractivity contribution in [1.82, 2.24) is 4.90 Å². The van der Waals surface area contributed by atoms with Gasteiger partial charge < -0.3 is 9.64 Å². The van der Waals surface area contributed by atoms with Gasteiger partial charge in [-0.2, -0.15) is 0 Å². The molecule has 1 fully saturated rings. The summed E-state index contributed by atoms with van der Waals surface area (Å²) in [5.74, 6) is -0.552. The van der Waals surface area contributed by atoms with Gasteiger partial charge in [0.15, 0.2) is 0 Å². The standard InChI is InChI=1S/C14H17ClFNO2/c1-9-7-17(8-10(2)19-9)14(18)6-11-12(15)4-3-5-13(11)16/h3-5,9-10H,6-8H2,1-2H3/t9-,10-/m0/s1. The van der Waals surface area contributed by atoms with E-state index in [1.807, 2.05) is 13.8 Å². The topological polar surface area (TPSA) is 29.5 Å². The van der Waals surface area contributed by atoms with E-state index < -0.39 is 5.82 Å². The maximum absolute atomic E-state index is 13.7. The Labute approximate surface area is 117 Å². The predicted octanol–water partition coefficient (Wildman–Crippen LogP) is 2.66. The zero-order valence-corrected chi connectivity index (χ0v) is 11.8. The number of halogens is 2. The first-order chi connectivity index (χ1) is 8.97. The van der Waals surface area contributed by atoms with Crippen molar-refractivity contribution >= 4 is 17.5 Å². The molecule has 1 saturated heterocycles. The van der Waals surface area contributed by atoms with Crippen molar-refractivity contribution in [2.45, 2.75) is 32.5 Å². The van der Waals surface area contributed by atoms with Crippen molar-refractivity contribution in [1.29, 1.82) is 0 Å². The fourth-order valence-electron chi connectivity index (χ4n) is 2.35. The Morgan fingerprint density at radius 3 is 2.63 bits per heavy atom. The minimum Gasteiger partial charge on any atom is -0.372 e. The number of hydrogen-bond donors (Lipinski definition) is 0. The van der Waals surface area contributed by atoms with Crippen molar-refractivity contribution < 1.29 is 13.9 Å². The third-order valence-corrected chi connectivity index (χ3v) is 3.52. The van der Waals surface area contributed by atoms with Gasteiger partial charge in [-0.3, -0.25) is 4.79 Å². The summed E-state index contributed by atoms with van der Waals surface area (Å²) in [6.07, 6.45) is -0.00196. The molecule has 0 aliphatic carbocycles. The molecule has 0 aromatic heterocycles. The smallest absolute Gasteiger partial charge is 0.227 e. The van der Waals surface area contributed by atoms with Gasteiger partial charge in [0, 0.05) is 23.7 Å². The average molecular weight is 286 g/mol. The molecule has 0 bridgehead atoms. The molecule has 1 aromatic rings. The predicted molar refractivity (Wildman–Crippen MR) is 71.7 cm³/mol. The summed E-state index contributed by atoms with van der Waals surface area (Å²) < 4.78 is 19.2. The van der Waals surface area contributed by atoms with Crippen LogP contribution in [0.2, 0.25) is 5.02 Å². The highest BCUT2D eigenvalue weighted by Gasteiger charge is 2.26. The molecular formula is C14H17ClFNO2. The largest absolute Gasteiger partial charge is 0.372 e. The lowest BCUT2D eigenvalue weighted by Gasteiger charge is -2.35. The molecule has 0 unspecified atom stereocenters. The fraction of sp³-hybridized carbons (Fsp3) is 0.500. The van der Waals surface area contributed by atoms with E-state index in [0.717, 1.165) is 0 Å². The number of benzene rings is 1. The number of amides is 1. The van der Waals surface area contributed by atoms with Crippen LogP contribution in [0, 0.1) is 5.82 Å². The molecule has 5 heteroatoms. The Bertz CT molecular complexity index is 450. The van der Waals surface area contributed by atoms with Crippen molar-refractivity contribution in [3.63, 3.8) is 0 Å². The molecule has 0 spiro atoms. The third-order valence-electron chi connectivity index (χ3n) is 3.16. The van der Waals surface area contributed by atoms with Gasteiger partial charge in [0.1, 0.15) is 5.82 Å². The van der Waals surface area contributed by atoms with E-state index in [9.17, 15) is 9.18 Å². The van der Waals surface area contributed by atoms with Gasteiger partial charge in [0.2, 0.25) is 5.91 Å². The SMILES string of the molecule is C[C@H]1CN(C(=O)Cc2c(F)cccc2Cl)C[C@H](C)O1. The van der Waals surface area contributed by atoms with E-state index in [-0.39, 0.29) is 30.1 Å². The van der Waals surface area contributed by atoms with Crippen LogP contribution in [-0.2, 0) is 16.0 Å². The van der Waals surface area contributed by atoms with Gasteiger partial charge in [-0.15, -0.1) is 0 Å². The van der Waals surface area contributed by atoms with Crippen LogP contribution >= 0.6 is 11.6 Å². The van der Waals surface area contributed by atoms with E-state index in [1.54, 1.807) is 11.0 Å². The Balaban J connectivity index is 2.08. The molecule has 2 rings (SSSR count). The molecule has 1 aliphatic rings. The molecule has 1 aromatic carbocycles.